The van der Waals surface area contributed by atoms with E-state index in [2.05, 4.69) is 53.5 Å². The average molecular weight is 388 g/mol. The van der Waals surface area contributed by atoms with Crippen LogP contribution in [0.4, 0.5) is 5.95 Å². The molecule has 0 fully saturated rings. The molecule has 5 rings (SSSR count). The maximum atomic E-state index is 13.3. The second-order valence-electron chi connectivity index (χ2n) is 8.21. The summed E-state index contributed by atoms with van der Waals surface area (Å²) >= 11 is 0. The van der Waals surface area contributed by atoms with Gasteiger partial charge in [0.25, 0.3) is 0 Å². The molecule has 3 heterocycles. The maximum Gasteiger partial charge on any atom is 0.226 e. The summed E-state index contributed by atoms with van der Waals surface area (Å²) in [5.41, 5.74) is 4.06. The molecule has 148 valence electrons. The van der Waals surface area contributed by atoms with Crippen molar-refractivity contribution in [2.75, 3.05) is 5.32 Å². The summed E-state index contributed by atoms with van der Waals surface area (Å²) in [6.45, 7) is 6.23. The summed E-state index contributed by atoms with van der Waals surface area (Å²) in [6.07, 6.45) is 2.83. The number of fused-ring (bicyclic) bond motifs is 1. The molecule has 0 bridgehead atoms. The number of nitrogens with one attached hydrogen (secondary N) is 1. The third kappa shape index (κ3) is 2.99. The van der Waals surface area contributed by atoms with Crippen molar-refractivity contribution >= 4 is 11.7 Å². The number of furan rings is 1. The molecular weight excluding hydrogens is 364 g/mol. The minimum absolute atomic E-state index is 0.0447. The van der Waals surface area contributed by atoms with Crippen molar-refractivity contribution in [3.8, 4) is 0 Å². The molecular formula is C23H24N4O2. The van der Waals surface area contributed by atoms with Gasteiger partial charge in [-0.3, -0.25) is 4.79 Å². The Balaban J connectivity index is 1.60. The van der Waals surface area contributed by atoms with E-state index in [0.29, 0.717) is 24.1 Å². The summed E-state index contributed by atoms with van der Waals surface area (Å²) in [7, 11) is 0. The second-order valence-corrected chi connectivity index (χ2v) is 8.21. The van der Waals surface area contributed by atoms with Crippen LogP contribution < -0.4 is 5.32 Å². The van der Waals surface area contributed by atoms with Gasteiger partial charge in [-0.1, -0.05) is 38.1 Å². The van der Waals surface area contributed by atoms with E-state index in [4.69, 9.17) is 4.42 Å². The molecule has 1 aromatic carbocycles. The van der Waals surface area contributed by atoms with Crippen LogP contribution in [-0.2, 0) is 4.79 Å². The minimum Gasteiger partial charge on any atom is -0.469 e. The van der Waals surface area contributed by atoms with E-state index in [0.717, 1.165) is 29.0 Å². The molecule has 2 aromatic heterocycles. The maximum absolute atomic E-state index is 13.3. The summed E-state index contributed by atoms with van der Waals surface area (Å²) in [6, 6.07) is 12.1. The zero-order valence-corrected chi connectivity index (χ0v) is 16.8. The number of allylic oxidation sites excluding steroid dienone is 2. The van der Waals surface area contributed by atoms with E-state index in [1.54, 1.807) is 6.26 Å². The topological polar surface area (TPSA) is 73.0 Å². The lowest BCUT2D eigenvalue weighted by atomic mass is 9.79. The number of Topliss-reactive ketones (excluding diaryl/α,β-unsaturated/α-hetero) is 1. The lowest BCUT2D eigenvalue weighted by Crippen LogP contribution is -2.33. The van der Waals surface area contributed by atoms with Gasteiger partial charge < -0.3 is 9.73 Å². The van der Waals surface area contributed by atoms with Crippen LogP contribution in [-0.4, -0.2) is 20.5 Å². The summed E-state index contributed by atoms with van der Waals surface area (Å²) in [4.78, 5) is 17.9. The normalized spacial score (nSPS) is 21.2. The predicted octanol–water partition coefficient (Wildman–Crippen LogP) is 4.72. The van der Waals surface area contributed by atoms with Gasteiger partial charge in [0.05, 0.1) is 6.26 Å². The first-order valence-corrected chi connectivity index (χ1v) is 10.1. The Bertz CT molecular complexity index is 1090. The molecule has 0 amide bonds. The fourth-order valence-electron chi connectivity index (χ4n) is 4.41. The number of carbonyl (C=O) groups is 1. The van der Waals surface area contributed by atoms with Crippen molar-refractivity contribution in [1.29, 1.82) is 0 Å². The SMILES string of the molecule is Cc1nc2n(n1)C(c1ccc(C(C)C)cc1)C1=C(CC(c3ccco3)CC1=O)N2. The Morgan fingerprint density at radius 3 is 2.66 bits per heavy atom. The van der Waals surface area contributed by atoms with Gasteiger partial charge in [-0.2, -0.15) is 10.1 Å². The van der Waals surface area contributed by atoms with Crippen LogP contribution in [0.2, 0.25) is 0 Å². The van der Waals surface area contributed by atoms with E-state index < -0.39 is 0 Å². The first-order chi connectivity index (χ1) is 14.0. The van der Waals surface area contributed by atoms with Crippen LogP contribution in [0.3, 0.4) is 0 Å². The number of carbonyl (C=O) groups excluding carboxylic acids is 1. The Morgan fingerprint density at radius 1 is 1.17 bits per heavy atom. The van der Waals surface area contributed by atoms with Crippen LogP contribution in [0.15, 0.2) is 58.3 Å². The highest BCUT2D eigenvalue weighted by molar-refractivity contribution is 6.00. The molecule has 1 aliphatic heterocycles. The van der Waals surface area contributed by atoms with E-state index in [1.165, 1.54) is 5.56 Å². The number of rotatable bonds is 3. The molecule has 3 aromatic rings. The number of nitrogens with zero attached hydrogens (tertiary/aromatic N) is 3. The minimum atomic E-state index is -0.256. The zero-order chi connectivity index (χ0) is 20.1. The Kier molecular flexibility index (Phi) is 4.15. The van der Waals surface area contributed by atoms with Gasteiger partial charge in [-0.05, 0) is 42.5 Å². The molecule has 6 nitrogen and oxygen atoms in total. The van der Waals surface area contributed by atoms with Gasteiger partial charge in [0.1, 0.15) is 17.6 Å². The number of hydrogen-bond donors (Lipinski definition) is 1. The van der Waals surface area contributed by atoms with Gasteiger partial charge in [-0.25, -0.2) is 4.68 Å². The number of benzene rings is 1. The largest absolute Gasteiger partial charge is 0.469 e. The molecule has 0 radical (unpaired) electrons. The van der Waals surface area contributed by atoms with Crippen molar-refractivity contribution in [1.82, 2.24) is 14.8 Å². The Hall–Kier alpha value is -3.15. The zero-order valence-electron chi connectivity index (χ0n) is 16.8. The first-order valence-electron chi connectivity index (χ1n) is 10.1. The third-order valence-electron chi connectivity index (χ3n) is 5.89. The molecule has 0 saturated heterocycles. The fraction of sp³-hybridized carbons (Fsp3) is 0.348. The van der Waals surface area contributed by atoms with Crippen molar-refractivity contribution in [3.63, 3.8) is 0 Å². The van der Waals surface area contributed by atoms with Crippen LogP contribution >= 0.6 is 0 Å². The standard InChI is InChI=1S/C23H24N4O2/c1-13(2)15-6-8-16(9-7-15)22-21-18(25-23-24-14(3)26-27(22)23)11-17(12-19(21)28)20-5-4-10-29-20/h4-10,13,17,22H,11-12H2,1-3H3,(H,24,25,26). The lowest BCUT2D eigenvalue weighted by molar-refractivity contribution is -0.117. The second kappa shape index (κ2) is 6.72. The van der Waals surface area contributed by atoms with E-state index in [1.807, 2.05) is 23.7 Å². The molecule has 2 atom stereocenters. The number of hydrogen-bond acceptors (Lipinski definition) is 5. The molecule has 0 saturated carbocycles. The summed E-state index contributed by atoms with van der Waals surface area (Å²) in [5.74, 6) is 2.87. The smallest absolute Gasteiger partial charge is 0.226 e. The van der Waals surface area contributed by atoms with Gasteiger partial charge >= 0.3 is 0 Å². The van der Waals surface area contributed by atoms with Crippen molar-refractivity contribution in [2.24, 2.45) is 0 Å². The van der Waals surface area contributed by atoms with Crippen LogP contribution in [0, 0.1) is 6.92 Å². The van der Waals surface area contributed by atoms with Crippen molar-refractivity contribution in [2.45, 2.75) is 51.5 Å². The lowest BCUT2D eigenvalue weighted by Gasteiger charge is -2.34. The van der Waals surface area contributed by atoms with Crippen LogP contribution in [0.25, 0.3) is 0 Å². The molecule has 2 unspecified atom stereocenters. The van der Waals surface area contributed by atoms with Crippen molar-refractivity contribution in [3.05, 3.63) is 76.6 Å². The molecule has 1 N–H and O–H groups in total. The highest BCUT2D eigenvalue weighted by Crippen LogP contribution is 2.44. The highest BCUT2D eigenvalue weighted by Gasteiger charge is 2.40. The summed E-state index contributed by atoms with van der Waals surface area (Å²) < 4.78 is 7.44. The highest BCUT2D eigenvalue weighted by atomic mass is 16.3. The number of ketones is 1. The molecule has 29 heavy (non-hydrogen) atoms. The van der Waals surface area contributed by atoms with E-state index in [9.17, 15) is 4.79 Å². The van der Waals surface area contributed by atoms with Crippen LogP contribution in [0.1, 0.15) is 67.3 Å². The quantitative estimate of drug-likeness (QED) is 0.703. The van der Waals surface area contributed by atoms with E-state index >= 15 is 0 Å². The number of anilines is 1. The number of aryl methyl sites for hydroxylation is 1. The van der Waals surface area contributed by atoms with Gasteiger partial charge in [0.2, 0.25) is 5.95 Å². The third-order valence-corrected chi connectivity index (χ3v) is 5.89. The molecule has 6 heteroatoms. The fourth-order valence-corrected chi connectivity index (χ4v) is 4.41. The summed E-state index contributed by atoms with van der Waals surface area (Å²) in [5, 5.41) is 7.98. The Labute approximate surface area is 169 Å². The van der Waals surface area contributed by atoms with E-state index in [-0.39, 0.29) is 17.7 Å². The first kappa shape index (κ1) is 17.9. The van der Waals surface area contributed by atoms with Gasteiger partial charge in [0, 0.05) is 23.6 Å². The average Bonchev–Trinajstić information content (AvgIpc) is 3.35. The van der Waals surface area contributed by atoms with Gasteiger partial charge in [0.15, 0.2) is 5.78 Å². The van der Waals surface area contributed by atoms with Gasteiger partial charge in [-0.15, -0.1) is 0 Å². The van der Waals surface area contributed by atoms with Crippen molar-refractivity contribution < 1.29 is 9.21 Å². The monoisotopic (exact) mass is 388 g/mol. The van der Waals surface area contributed by atoms with Crippen LogP contribution in [0.5, 0.6) is 0 Å². The molecule has 2 aliphatic rings. The molecule has 0 spiro atoms. The predicted molar refractivity (Wildman–Crippen MR) is 110 cm³/mol. The molecule has 1 aliphatic carbocycles. The Morgan fingerprint density at radius 2 is 1.97 bits per heavy atom. The number of aromatic nitrogens is 3.